The number of hydrogen-bond acceptors (Lipinski definition) is 6. The Balaban J connectivity index is 1.26. The van der Waals surface area contributed by atoms with Crippen LogP contribution in [0.5, 0.6) is 0 Å². The van der Waals surface area contributed by atoms with E-state index in [0.29, 0.717) is 28.3 Å². The van der Waals surface area contributed by atoms with E-state index < -0.39 is 11.6 Å². The van der Waals surface area contributed by atoms with Crippen molar-refractivity contribution in [2.24, 2.45) is 0 Å². The number of aromatic nitrogens is 4. The molecule has 0 spiro atoms. The van der Waals surface area contributed by atoms with Crippen LogP contribution in [0.1, 0.15) is 18.5 Å². The predicted octanol–water partition coefficient (Wildman–Crippen LogP) is 3.75. The second-order valence-electron chi connectivity index (χ2n) is 9.79. The summed E-state index contributed by atoms with van der Waals surface area (Å²) >= 11 is 0. The standard InChI is InChI=1S/C26H29F2N7/c1-17-11-21(22-12-18(27)13-24(28)25(22)31-17)23-15-30-35-16-20(14-29-26(23)35)33-5-3-19(4-6-33)34-9-7-32(2)8-10-34/h11-16,19H,3-10H2,1-2H3. The van der Waals surface area contributed by atoms with Gasteiger partial charge in [-0.3, -0.25) is 4.90 Å². The third-order valence-corrected chi connectivity index (χ3v) is 7.48. The van der Waals surface area contributed by atoms with Crippen LogP contribution in [0.2, 0.25) is 0 Å². The normalized spacial score (nSPS) is 18.7. The zero-order valence-electron chi connectivity index (χ0n) is 20.1. The third-order valence-electron chi connectivity index (χ3n) is 7.48. The van der Waals surface area contributed by atoms with Crippen molar-refractivity contribution in [3.05, 3.63) is 54.1 Å². The predicted molar refractivity (Wildman–Crippen MR) is 133 cm³/mol. The molecule has 5 heterocycles. The molecule has 0 saturated carbocycles. The molecule has 6 rings (SSSR count). The van der Waals surface area contributed by atoms with Crippen molar-refractivity contribution in [1.82, 2.24) is 29.4 Å². The molecule has 0 N–H and O–H groups in total. The molecule has 0 radical (unpaired) electrons. The summed E-state index contributed by atoms with van der Waals surface area (Å²) in [5, 5.41) is 4.95. The van der Waals surface area contributed by atoms with Crippen molar-refractivity contribution < 1.29 is 8.78 Å². The lowest BCUT2D eigenvalue weighted by molar-refractivity contribution is 0.0982. The van der Waals surface area contributed by atoms with E-state index in [1.807, 2.05) is 18.5 Å². The number of halogens is 2. The number of benzene rings is 1. The Morgan fingerprint density at radius 2 is 1.69 bits per heavy atom. The fourth-order valence-electron chi connectivity index (χ4n) is 5.50. The zero-order chi connectivity index (χ0) is 24.1. The molecule has 3 aromatic heterocycles. The molecule has 7 nitrogen and oxygen atoms in total. The minimum absolute atomic E-state index is 0.153. The van der Waals surface area contributed by atoms with Gasteiger partial charge in [-0.1, -0.05) is 0 Å². The number of hydrogen-bond donors (Lipinski definition) is 0. The highest BCUT2D eigenvalue weighted by Crippen LogP contribution is 2.33. The van der Waals surface area contributed by atoms with E-state index in [0.717, 1.165) is 69.4 Å². The molecular weight excluding hydrogens is 448 g/mol. The topological polar surface area (TPSA) is 52.8 Å². The Morgan fingerprint density at radius 3 is 2.46 bits per heavy atom. The van der Waals surface area contributed by atoms with E-state index >= 15 is 0 Å². The lowest BCUT2D eigenvalue weighted by Crippen LogP contribution is -2.52. The first-order valence-electron chi connectivity index (χ1n) is 12.2. The van der Waals surface area contributed by atoms with Crippen molar-refractivity contribution in [1.29, 1.82) is 0 Å². The third kappa shape index (κ3) is 4.12. The van der Waals surface area contributed by atoms with Gasteiger partial charge in [0.15, 0.2) is 11.5 Å². The summed E-state index contributed by atoms with van der Waals surface area (Å²) in [7, 11) is 2.19. The van der Waals surface area contributed by atoms with Gasteiger partial charge in [0.1, 0.15) is 11.3 Å². The zero-order valence-corrected chi connectivity index (χ0v) is 20.1. The summed E-state index contributed by atoms with van der Waals surface area (Å²) in [6, 6.07) is 4.67. The van der Waals surface area contributed by atoms with E-state index in [9.17, 15) is 8.78 Å². The average molecular weight is 478 g/mol. The van der Waals surface area contributed by atoms with Gasteiger partial charge in [0.25, 0.3) is 0 Å². The Morgan fingerprint density at radius 1 is 0.914 bits per heavy atom. The van der Waals surface area contributed by atoms with Crippen LogP contribution in [-0.4, -0.2) is 81.7 Å². The van der Waals surface area contributed by atoms with E-state index in [1.165, 1.54) is 6.07 Å². The van der Waals surface area contributed by atoms with Gasteiger partial charge in [0, 0.05) is 68.0 Å². The Bertz CT molecular complexity index is 1390. The molecule has 35 heavy (non-hydrogen) atoms. The number of nitrogens with zero attached hydrogens (tertiary/aromatic N) is 7. The molecule has 2 saturated heterocycles. The molecule has 2 aliphatic rings. The summed E-state index contributed by atoms with van der Waals surface area (Å²) in [4.78, 5) is 16.4. The van der Waals surface area contributed by atoms with Gasteiger partial charge in [-0.2, -0.15) is 5.10 Å². The molecule has 0 unspecified atom stereocenters. The fraction of sp³-hybridized carbons (Fsp3) is 0.423. The summed E-state index contributed by atoms with van der Waals surface area (Å²) in [6.07, 6.45) is 7.88. The van der Waals surface area contributed by atoms with Gasteiger partial charge in [-0.15, -0.1) is 0 Å². The minimum atomic E-state index is -0.670. The molecule has 4 aromatic rings. The highest BCUT2D eigenvalue weighted by atomic mass is 19.1. The number of pyridine rings is 1. The van der Waals surface area contributed by atoms with Crippen LogP contribution < -0.4 is 4.90 Å². The van der Waals surface area contributed by atoms with Gasteiger partial charge in [0.05, 0.1) is 24.3 Å². The molecule has 0 atom stereocenters. The largest absolute Gasteiger partial charge is 0.369 e. The molecule has 0 amide bonds. The minimum Gasteiger partial charge on any atom is -0.369 e. The van der Waals surface area contributed by atoms with Crippen LogP contribution in [0, 0.1) is 18.6 Å². The molecule has 1 aromatic carbocycles. The second-order valence-corrected chi connectivity index (χ2v) is 9.79. The molecular formula is C26H29F2N7. The van der Waals surface area contributed by atoms with E-state index in [-0.39, 0.29) is 5.52 Å². The first-order chi connectivity index (χ1) is 17.0. The van der Waals surface area contributed by atoms with E-state index in [2.05, 4.69) is 31.8 Å². The summed E-state index contributed by atoms with van der Waals surface area (Å²) in [5.41, 5.74) is 3.90. The Kier molecular flexibility index (Phi) is 5.61. The first-order valence-corrected chi connectivity index (χ1v) is 12.2. The van der Waals surface area contributed by atoms with E-state index in [4.69, 9.17) is 4.98 Å². The monoisotopic (exact) mass is 477 g/mol. The van der Waals surface area contributed by atoms with Gasteiger partial charge >= 0.3 is 0 Å². The molecule has 0 aliphatic carbocycles. The first kappa shape index (κ1) is 22.3. The van der Waals surface area contributed by atoms with Gasteiger partial charge < -0.3 is 9.80 Å². The molecule has 9 heteroatoms. The molecule has 2 fully saturated rings. The number of likely N-dealkylation sites (N-methyl/N-ethyl adjacent to an activating group) is 1. The Labute approximate surface area is 203 Å². The number of aryl methyl sites for hydroxylation is 1. The number of fused-ring (bicyclic) bond motifs is 2. The number of piperazine rings is 1. The SMILES string of the molecule is Cc1cc(-c2cnn3cc(N4CCC(N5CCN(C)CC5)CC4)cnc23)c2cc(F)cc(F)c2n1. The van der Waals surface area contributed by atoms with Gasteiger partial charge in [-0.25, -0.2) is 23.3 Å². The van der Waals surface area contributed by atoms with Crippen molar-refractivity contribution in [3.63, 3.8) is 0 Å². The highest BCUT2D eigenvalue weighted by molar-refractivity contribution is 5.98. The van der Waals surface area contributed by atoms with E-state index in [1.54, 1.807) is 17.6 Å². The number of rotatable bonds is 3. The van der Waals surface area contributed by atoms with Crippen molar-refractivity contribution in [2.45, 2.75) is 25.8 Å². The quantitative estimate of drug-likeness (QED) is 0.448. The average Bonchev–Trinajstić information content (AvgIpc) is 3.28. The summed E-state index contributed by atoms with van der Waals surface area (Å²) < 4.78 is 30.2. The van der Waals surface area contributed by atoms with Crippen LogP contribution >= 0.6 is 0 Å². The van der Waals surface area contributed by atoms with Crippen molar-refractivity contribution in [2.75, 3.05) is 51.2 Å². The second kappa shape index (κ2) is 8.80. The van der Waals surface area contributed by atoms with Crippen LogP contribution in [0.3, 0.4) is 0 Å². The van der Waals surface area contributed by atoms with Crippen LogP contribution in [0.25, 0.3) is 27.7 Å². The maximum Gasteiger partial charge on any atom is 0.162 e. The highest BCUT2D eigenvalue weighted by Gasteiger charge is 2.27. The van der Waals surface area contributed by atoms with Gasteiger partial charge in [-0.05, 0) is 44.5 Å². The van der Waals surface area contributed by atoms with Crippen molar-refractivity contribution in [3.8, 4) is 11.1 Å². The summed E-state index contributed by atoms with van der Waals surface area (Å²) in [6.45, 7) is 8.39. The number of piperidine rings is 1. The van der Waals surface area contributed by atoms with Crippen LogP contribution in [-0.2, 0) is 0 Å². The van der Waals surface area contributed by atoms with Crippen LogP contribution in [0.4, 0.5) is 14.5 Å². The lowest BCUT2D eigenvalue weighted by atomic mass is 10.0. The molecule has 2 aliphatic heterocycles. The number of anilines is 1. The fourth-order valence-corrected chi connectivity index (χ4v) is 5.50. The Hall–Kier alpha value is -3.17. The van der Waals surface area contributed by atoms with Crippen LogP contribution in [0.15, 0.2) is 36.8 Å². The molecule has 182 valence electrons. The van der Waals surface area contributed by atoms with Gasteiger partial charge in [0.2, 0.25) is 0 Å². The lowest BCUT2D eigenvalue weighted by Gasteiger charge is -2.42. The smallest absolute Gasteiger partial charge is 0.162 e. The van der Waals surface area contributed by atoms with Crippen molar-refractivity contribution >= 4 is 22.2 Å². The molecule has 0 bridgehead atoms. The summed E-state index contributed by atoms with van der Waals surface area (Å²) in [5.74, 6) is -1.30. The maximum atomic E-state index is 14.4. The maximum absolute atomic E-state index is 14.4.